The molecular formula is C32H32ClN7O3. The van der Waals surface area contributed by atoms with Crippen molar-refractivity contribution in [1.29, 1.82) is 5.41 Å². The summed E-state index contributed by atoms with van der Waals surface area (Å²) in [6.07, 6.45) is 8.60. The molecule has 0 bridgehead atoms. The van der Waals surface area contributed by atoms with E-state index in [4.69, 9.17) is 48.6 Å². The Labute approximate surface area is 254 Å². The molecule has 2 aromatic carbocycles. The Kier molecular flexibility index (Phi) is 8.27. The standard InChI is InChI=1S/C32H32ClN7O3/c1-2-20-11-13-21(14-12-20)18-40-27-26(23-9-6-10-24(33)17-23)36-30(28(34)43-31(35)41)37-29(27)38-32(40)39-15-16-42-19-25(39)22-7-4-3-5-8-22/h1,3-10,17,20-21,25,34H,11-16,18-19H2,(H2,35,41)/t20-,21-,25-/m0/s1. The zero-order valence-electron chi connectivity index (χ0n) is 23.6. The molecule has 3 N–H and O–H groups in total. The number of halogens is 1. The molecule has 1 amide bonds. The second-order valence-corrected chi connectivity index (χ2v) is 11.4. The maximum atomic E-state index is 11.5. The average Bonchev–Trinajstić information content (AvgIpc) is 3.39. The fourth-order valence-corrected chi connectivity index (χ4v) is 6.26. The van der Waals surface area contributed by atoms with E-state index in [0.717, 1.165) is 42.8 Å². The second kappa shape index (κ2) is 12.4. The van der Waals surface area contributed by atoms with E-state index in [-0.39, 0.29) is 11.9 Å². The molecule has 4 aromatic rings. The number of benzene rings is 2. The van der Waals surface area contributed by atoms with E-state index in [1.165, 1.54) is 0 Å². The van der Waals surface area contributed by atoms with Crippen molar-refractivity contribution in [3.05, 3.63) is 71.0 Å². The Hall–Kier alpha value is -4.46. The molecule has 1 saturated heterocycles. The zero-order valence-corrected chi connectivity index (χ0v) is 24.3. The van der Waals surface area contributed by atoms with Crippen LogP contribution in [0.5, 0.6) is 0 Å². The molecule has 0 unspecified atom stereocenters. The summed E-state index contributed by atoms with van der Waals surface area (Å²) in [6, 6.07) is 17.5. The van der Waals surface area contributed by atoms with Crippen LogP contribution in [0.15, 0.2) is 54.6 Å². The smallest absolute Gasteiger partial charge is 0.388 e. The summed E-state index contributed by atoms with van der Waals surface area (Å²) in [5, 5.41) is 8.86. The summed E-state index contributed by atoms with van der Waals surface area (Å²) in [6.45, 7) is 2.37. The van der Waals surface area contributed by atoms with Crippen molar-refractivity contribution in [2.45, 2.75) is 38.3 Å². The molecule has 2 aliphatic rings. The molecule has 1 aliphatic heterocycles. The Bertz CT molecular complexity index is 1690. The molecule has 2 fully saturated rings. The van der Waals surface area contributed by atoms with Crippen molar-refractivity contribution in [3.63, 3.8) is 0 Å². The lowest BCUT2D eigenvalue weighted by atomic mass is 9.82. The first kappa shape index (κ1) is 28.6. The number of rotatable bonds is 6. The van der Waals surface area contributed by atoms with Gasteiger partial charge in [0.1, 0.15) is 11.2 Å². The average molecular weight is 598 g/mol. The van der Waals surface area contributed by atoms with E-state index in [0.29, 0.717) is 60.0 Å². The highest BCUT2D eigenvalue weighted by Gasteiger charge is 2.32. The molecule has 1 saturated carbocycles. The quantitative estimate of drug-likeness (QED) is 0.168. The highest BCUT2D eigenvalue weighted by atomic mass is 35.5. The molecule has 3 heterocycles. The first-order valence-corrected chi connectivity index (χ1v) is 14.7. The first-order chi connectivity index (χ1) is 20.9. The second-order valence-electron chi connectivity index (χ2n) is 10.9. The number of aromatic nitrogens is 4. The lowest BCUT2D eigenvalue weighted by Crippen LogP contribution is -2.41. The predicted molar refractivity (Wildman–Crippen MR) is 165 cm³/mol. The number of nitrogens with zero attached hydrogens (tertiary/aromatic N) is 5. The summed E-state index contributed by atoms with van der Waals surface area (Å²) in [5.74, 6) is 3.69. The summed E-state index contributed by atoms with van der Waals surface area (Å²) >= 11 is 6.42. The lowest BCUT2D eigenvalue weighted by Gasteiger charge is -2.37. The fraction of sp³-hybridized carbons (Fsp3) is 0.344. The fourth-order valence-electron chi connectivity index (χ4n) is 6.07. The molecule has 10 nitrogen and oxygen atoms in total. The molecule has 1 atom stereocenters. The lowest BCUT2D eigenvalue weighted by molar-refractivity contribution is 0.0927. The van der Waals surface area contributed by atoms with Gasteiger partial charge in [0.25, 0.3) is 5.90 Å². The van der Waals surface area contributed by atoms with Crippen LogP contribution in [-0.4, -0.2) is 51.3 Å². The van der Waals surface area contributed by atoms with Gasteiger partial charge in [0.05, 0.1) is 19.3 Å². The maximum absolute atomic E-state index is 11.5. The SMILES string of the molecule is C#C[C@H]1CC[C@H](Cn2c(N3CCOC[C@H]3c3ccccc3)nc3nc(C(=N)OC(N)=O)nc(-c4cccc(Cl)c4)c32)CC1. The Morgan fingerprint density at radius 3 is 2.63 bits per heavy atom. The number of anilines is 1. The number of imidazole rings is 1. The topological polar surface area (TPSA) is 132 Å². The molecular weight excluding hydrogens is 566 g/mol. The largest absolute Gasteiger partial charge is 0.411 e. The van der Waals surface area contributed by atoms with Crippen molar-refractivity contribution in [2.75, 3.05) is 24.7 Å². The third-order valence-electron chi connectivity index (χ3n) is 8.18. The van der Waals surface area contributed by atoms with Gasteiger partial charge in [0, 0.05) is 29.6 Å². The van der Waals surface area contributed by atoms with E-state index in [1.807, 2.05) is 36.4 Å². The molecule has 6 rings (SSSR count). The van der Waals surface area contributed by atoms with Crippen LogP contribution in [-0.2, 0) is 16.0 Å². The first-order valence-electron chi connectivity index (χ1n) is 14.4. The van der Waals surface area contributed by atoms with Gasteiger partial charge < -0.3 is 24.7 Å². The van der Waals surface area contributed by atoms with E-state index in [9.17, 15) is 4.79 Å². The third-order valence-corrected chi connectivity index (χ3v) is 8.41. The molecule has 0 radical (unpaired) electrons. The van der Waals surface area contributed by atoms with Crippen LogP contribution in [0.3, 0.4) is 0 Å². The van der Waals surface area contributed by atoms with Crippen LogP contribution in [0, 0.1) is 29.6 Å². The third kappa shape index (κ3) is 6.05. The summed E-state index contributed by atoms with van der Waals surface area (Å²) in [4.78, 5) is 28.2. The summed E-state index contributed by atoms with van der Waals surface area (Å²) < 4.78 is 13.0. The van der Waals surface area contributed by atoms with Gasteiger partial charge in [0.15, 0.2) is 5.65 Å². The Morgan fingerprint density at radius 2 is 1.91 bits per heavy atom. The number of terminal acetylenes is 1. The van der Waals surface area contributed by atoms with Crippen LogP contribution in [0.25, 0.3) is 22.4 Å². The molecule has 2 aromatic heterocycles. The molecule has 0 spiro atoms. The van der Waals surface area contributed by atoms with Crippen LogP contribution < -0.4 is 10.6 Å². The van der Waals surface area contributed by atoms with Gasteiger partial charge in [-0.1, -0.05) is 54.1 Å². The van der Waals surface area contributed by atoms with E-state index in [1.54, 1.807) is 6.07 Å². The number of morpholine rings is 1. The zero-order chi connectivity index (χ0) is 29.9. The number of ether oxygens (including phenoxy) is 2. The van der Waals surface area contributed by atoms with Crippen molar-refractivity contribution in [3.8, 4) is 23.6 Å². The van der Waals surface area contributed by atoms with Gasteiger partial charge >= 0.3 is 6.09 Å². The number of hydrogen-bond donors (Lipinski definition) is 2. The van der Waals surface area contributed by atoms with Gasteiger partial charge in [-0.05, 0) is 49.3 Å². The van der Waals surface area contributed by atoms with Gasteiger partial charge in [0.2, 0.25) is 11.8 Å². The van der Waals surface area contributed by atoms with Gasteiger partial charge in [-0.3, -0.25) is 5.41 Å². The van der Waals surface area contributed by atoms with Crippen LogP contribution in [0.4, 0.5) is 10.7 Å². The number of amides is 1. The van der Waals surface area contributed by atoms with Crippen molar-refractivity contribution in [1.82, 2.24) is 19.5 Å². The summed E-state index contributed by atoms with van der Waals surface area (Å²) in [7, 11) is 0. The monoisotopic (exact) mass is 597 g/mol. The number of nitrogens with two attached hydrogens (primary N) is 1. The summed E-state index contributed by atoms with van der Waals surface area (Å²) in [5.41, 5.74) is 8.67. The van der Waals surface area contributed by atoms with Crippen molar-refractivity contribution in [2.24, 2.45) is 17.6 Å². The molecule has 220 valence electrons. The number of fused-ring (bicyclic) bond motifs is 1. The Morgan fingerprint density at radius 1 is 1.12 bits per heavy atom. The normalized spacial score (nSPS) is 20.5. The number of carbonyl (C=O) groups is 1. The van der Waals surface area contributed by atoms with Gasteiger partial charge in [-0.25, -0.2) is 14.8 Å². The van der Waals surface area contributed by atoms with E-state index < -0.39 is 12.0 Å². The van der Waals surface area contributed by atoms with Crippen LogP contribution in [0.1, 0.15) is 43.1 Å². The van der Waals surface area contributed by atoms with Crippen LogP contribution >= 0.6 is 11.6 Å². The van der Waals surface area contributed by atoms with Crippen molar-refractivity contribution < 1.29 is 14.3 Å². The van der Waals surface area contributed by atoms with Gasteiger partial charge in [-0.15, -0.1) is 12.3 Å². The van der Waals surface area contributed by atoms with Crippen LogP contribution in [0.2, 0.25) is 5.02 Å². The maximum Gasteiger partial charge on any atom is 0.411 e. The highest BCUT2D eigenvalue weighted by molar-refractivity contribution is 6.30. The van der Waals surface area contributed by atoms with Gasteiger partial charge in [-0.2, -0.15) is 4.98 Å². The minimum atomic E-state index is -1.12. The van der Waals surface area contributed by atoms with Crippen molar-refractivity contribution >= 4 is 40.7 Å². The highest BCUT2D eigenvalue weighted by Crippen LogP contribution is 2.38. The Balaban J connectivity index is 1.55. The predicted octanol–water partition coefficient (Wildman–Crippen LogP) is 5.58. The molecule has 43 heavy (non-hydrogen) atoms. The molecule has 11 heteroatoms. The number of nitrogens with one attached hydrogen (secondary N) is 1. The molecule has 1 aliphatic carbocycles. The van der Waals surface area contributed by atoms with E-state index >= 15 is 0 Å². The number of primary amides is 1. The minimum Gasteiger partial charge on any atom is -0.388 e. The van der Waals surface area contributed by atoms with E-state index in [2.05, 4.69) is 32.5 Å². The minimum absolute atomic E-state index is 0.0683. The number of carbonyl (C=O) groups excluding carboxylic acids is 1. The number of hydrogen-bond acceptors (Lipinski definition) is 8.